The van der Waals surface area contributed by atoms with Gasteiger partial charge in [-0.2, -0.15) is 5.10 Å². The predicted molar refractivity (Wildman–Crippen MR) is 150 cm³/mol. The summed E-state index contributed by atoms with van der Waals surface area (Å²) in [6.45, 7) is 4.63. The first kappa shape index (κ1) is 26.9. The Morgan fingerprint density at radius 3 is 2.54 bits per heavy atom. The van der Waals surface area contributed by atoms with Crippen molar-refractivity contribution in [1.29, 1.82) is 0 Å². The molecule has 0 unspecified atom stereocenters. The molecule has 2 aromatic carbocycles. The molecule has 206 valence electrons. The zero-order valence-corrected chi connectivity index (χ0v) is 22.7. The second-order valence-electron chi connectivity index (χ2n) is 10.8. The third kappa shape index (κ3) is 6.87. The number of carbonyl (C=O) groups is 1. The highest BCUT2D eigenvalue weighted by atomic mass is 16.5. The predicted octanol–water partition coefficient (Wildman–Crippen LogP) is 4.31. The van der Waals surface area contributed by atoms with E-state index in [-0.39, 0.29) is 16.9 Å². The van der Waals surface area contributed by atoms with Gasteiger partial charge in [0.05, 0.1) is 7.11 Å². The fourth-order valence-electron chi connectivity index (χ4n) is 5.93. The summed E-state index contributed by atoms with van der Waals surface area (Å²) in [5.74, 6) is 1.74. The van der Waals surface area contributed by atoms with Crippen molar-refractivity contribution in [2.24, 2.45) is 5.41 Å². The first-order valence-corrected chi connectivity index (χ1v) is 13.9. The van der Waals surface area contributed by atoms with Crippen molar-refractivity contribution in [3.63, 3.8) is 0 Å². The van der Waals surface area contributed by atoms with E-state index in [4.69, 9.17) is 9.47 Å². The summed E-state index contributed by atoms with van der Waals surface area (Å²) in [5, 5.41) is 6.34. The summed E-state index contributed by atoms with van der Waals surface area (Å²) in [6.07, 6.45) is 6.29. The minimum absolute atomic E-state index is 0.116. The van der Waals surface area contributed by atoms with Crippen LogP contribution in [0.3, 0.4) is 0 Å². The van der Waals surface area contributed by atoms with Gasteiger partial charge < -0.3 is 14.4 Å². The normalized spacial score (nSPS) is 18.3. The first-order chi connectivity index (χ1) is 19.0. The van der Waals surface area contributed by atoms with E-state index in [1.165, 1.54) is 23.3 Å². The zero-order valence-electron chi connectivity index (χ0n) is 22.7. The van der Waals surface area contributed by atoms with Gasteiger partial charge in [-0.25, -0.2) is 5.10 Å². The zero-order chi connectivity index (χ0) is 27.1. The van der Waals surface area contributed by atoms with Crippen LogP contribution in [0.5, 0.6) is 11.5 Å². The van der Waals surface area contributed by atoms with Crippen LogP contribution in [0.1, 0.15) is 53.7 Å². The maximum absolute atomic E-state index is 13.1. The maximum atomic E-state index is 13.1. The van der Waals surface area contributed by atoms with E-state index in [9.17, 15) is 9.59 Å². The number of ether oxygens (including phenoxy) is 2. The van der Waals surface area contributed by atoms with Gasteiger partial charge in [-0.3, -0.25) is 14.5 Å². The van der Waals surface area contributed by atoms with Crippen LogP contribution in [0.25, 0.3) is 0 Å². The Morgan fingerprint density at radius 1 is 1.00 bits per heavy atom. The van der Waals surface area contributed by atoms with Crippen LogP contribution in [0, 0.1) is 5.41 Å². The molecule has 1 fully saturated rings. The van der Waals surface area contributed by atoms with Gasteiger partial charge in [-0.1, -0.05) is 36.8 Å². The lowest BCUT2D eigenvalue weighted by molar-refractivity contribution is 0.0357. The quantitative estimate of drug-likeness (QED) is 0.541. The standard InChI is InChI=1S/C31H38N4O4/c1-38-26-11-9-24(10-12-26)22-34-20-21-39-28-8-3-2-6-25(28)7-4-5-15-31(23-34)16-18-35(19-17-31)30(37)27-13-14-29(36)33-32-27/h2-3,6,8-14H,4-5,7,15-23H2,1H3,(H,33,36). The number of aromatic nitrogens is 2. The second kappa shape index (κ2) is 12.5. The van der Waals surface area contributed by atoms with E-state index in [0.29, 0.717) is 25.4 Å². The van der Waals surface area contributed by atoms with E-state index < -0.39 is 0 Å². The average Bonchev–Trinajstić information content (AvgIpc) is 2.96. The third-order valence-electron chi connectivity index (χ3n) is 8.17. The number of aryl methyl sites for hydroxylation is 1. The maximum Gasteiger partial charge on any atom is 0.274 e. The van der Waals surface area contributed by atoms with Crippen LogP contribution >= 0.6 is 0 Å². The Balaban J connectivity index is 1.33. The Kier molecular flexibility index (Phi) is 8.61. The first-order valence-electron chi connectivity index (χ1n) is 13.9. The lowest BCUT2D eigenvalue weighted by Crippen LogP contribution is -2.48. The highest BCUT2D eigenvalue weighted by molar-refractivity contribution is 5.92. The van der Waals surface area contributed by atoms with Crippen molar-refractivity contribution in [2.75, 3.05) is 39.9 Å². The highest BCUT2D eigenvalue weighted by Gasteiger charge is 2.37. The summed E-state index contributed by atoms with van der Waals surface area (Å²) in [7, 11) is 1.69. The van der Waals surface area contributed by atoms with Crippen LogP contribution in [0.15, 0.2) is 65.5 Å². The monoisotopic (exact) mass is 530 g/mol. The summed E-state index contributed by atoms with van der Waals surface area (Å²) in [6, 6.07) is 19.6. The number of piperidine rings is 1. The average molecular weight is 531 g/mol. The molecular weight excluding hydrogens is 492 g/mol. The molecule has 1 saturated heterocycles. The second-order valence-corrected chi connectivity index (χ2v) is 10.8. The molecule has 8 heteroatoms. The molecule has 8 nitrogen and oxygen atoms in total. The van der Waals surface area contributed by atoms with Crippen LogP contribution in [-0.4, -0.2) is 65.8 Å². The van der Waals surface area contributed by atoms with E-state index in [1.54, 1.807) is 7.11 Å². The smallest absolute Gasteiger partial charge is 0.274 e. The molecule has 1 spiro atoms. The molecule has 2 aliphatic heterocycles. The van der Waals surface area contributed by atoms with Gasteiger partial charge in [-0.15, -0.1) is 0 Å². The van der Waals surface area contributed by atoms with E-state index in [1.807, 2.05) is 23.1 Å². The number of aromatic amines is 1. The van der Waals surface area contributed by atoms with E-state index in [2.05, 4.69) is 45.4 Å². The number of methoxy groups -OCH3 is 1. The molecule has 0 aliphatic carbocycles. The molecule has 0 atom stereocenters. The molecule has 0 radical (unpaired) electrons. The summed E-state index contributed by atoms with van der Waals surface area (Å²) in [5.41, 5.74) is 2.64. The number of H-pyrrole nitrogens is 1. The molecule has 1 N–H and O–H groups in total. The molecule has 3 heterocycles. The lowest BCUT2D eigenvalue weighted by Gasteiger charge is -2.45. The number of benzene rings is 2. The minimum atomic E-state index is -0.305. The molecule has 39 heavy (non-hydrogen) atoms. The van der Waals surface area contributed by atoms with E-state index in [0.717, 1.165) is 69.7 Å². The number of rotatable bonds is 4. The Morgan fingerprint density at radius 2 is 1.79 bits per heavy atom. The lowest BCUT2D eigenvalue weighted by atomic mass is 9.73. The van der Waals surface area contributed by atoms with Gasteiger partial charge in [-0.05, 0) is 72.9 Å². The molecule has 2 aliphatic rings. The fourth-order valence-corrected chi connectivity index (χ4v) is 5.93. The van der Waals surface area contributed by atoms with Gasteiger partial charge in [0.1, 0.15) is 23.8 Å². The number of hydrogen-bond donors (Lipinski definition) is 1. The Hall–Kier alpha value is -3.65. The Labute approximate surface area is 229 Å². The fraction of sp³-hybridized carbons (Fsp3) is 0.452. The summed E-state index contributed by atoms with van der Waals surface area (Å²) in [4.78, 5) is 28.9. The highest BCUT2D eigenvalue weighted by Crippen LogP contribution is 2.39. The van der Waals surface area contributed by atoms with Crippen molar-refractivity contribution >= 4 is 5.91 Å². The van der Waals surface area contributed by atoms with Crippen LogP contribution in [0.4, 0.5) is 0 Å². The van der Waals surface area contributed by atoms with Crippen molar-refractivity contribution in [3.05, 3.63) is 87.8 Å². The van der Waals surface area contributed by atoms with Gasteiger partial charge in [0, 0.05) is 38.8 Å². The Bertz CT molecular complexity index is 1280. The largest absolute Gasteiger partial charge is 0.497 e. The van der Waals surface area contributed by atoms with Crippen LogP contribution in [-0.2, 0) is 13.0 Å². The van der Waals surface area contributed by atoms with Gasteiger partial charge >= 0.3 is 0 Å². The third-order valence-corrected chi connectivity index (χ3v) is 8.17. The topological polar surface area (TPSA) is 87.8 Å². The summed E-state index contributed by atoms with van der Waals surface area (Å²) >= 11 is 0. The summed E-state index contributed by atoms with van der Waals surface area (Å²) < 4.78 is 11.7. The molecular formula is C31H38N4O4. The minimum Gasteiger partial charge on any atom is -0.497 e. The molecule has 1 aromatic heterocycles. The van der Waals surface area contributed by atoms with Crippen molar-refractivity contribution in [2.45, 2.75) is 45.1 Å². The molecule has 0 saturated carbocycles. The SMILES string of the molecule is COc1ccc(CN2CCOc3ccccc3CCCCC3(CCN(C(=O)c4ccc(=O)[nH]n4)CC3)C2)cc1. The number of amides is 1. The van der Waals surface area contributed by atoms with E-state index >= 15 is 0 Å². The van der Waals surface area contributed by atoms with Crippen LogP contribution in [0.2, 0.25) is 0 Å². The molecule has 3 aromatic rings. The molecule has 5 rings (SSSR count). The molecule has 0 bridgehead atoms. The van der Waals surface area contributed by atoms with Crippen molar-refractivity contribution < 1.29 is 14.3 Å². The molecule has 1 amide bonds. The number of carbonyl (C=O) groups excluding carboxylic acids is 1. The number of nitrogens with zero attached hydrogens (tertiary/aromatic N) is 3. The number of nitrogens with one attached hydrogen (secondary N) is 1. The van der Waals surface area contributed by atoms with Gasteiger partial charge in [0.2, 0.25) is 0 Å². The number of hydrogen-bond acceptors (Lipinski definition) is 6. The number of para-hydroxylation sites is 1. The van der Waals surface area contributed by atoms with Crippen molar-refractivity contribution in [3.8, 4) is 11.5 Å². The van der Waals surface area contributed by atoms with Gasteiger partial charge in [0.15, 0.2) is 0 Å². The van der Waals surface area contributed by atoms with Crippen LogP contribution < -0.4 is 15.0 Å². The number of likely N-dealkylation sites (tertiary alicyclic amines) is 1. The van der Waals surface area contributed by atoms with Crippen molar-refractivity contribution in [1.82, 2.24) is 20.0 Å². The number of fused-ring (bicyclic) bond motifs is 1. The van der Waals surface area contributed by atoms with Gasteiger partial charge in [0.25, 0.3) is 11.5 Å².